The number of pyridine rings is 1. The van der Waals surface area contributed by atoms with E-state index in [0.717, 1.165) is 10.9 Å². The Morgan fingerprint density at radius 3 is 2.68 bits per heavy atom. The van der Waals surface area contributed by atoms with Gasteiger partial charge in [-0.25, -0.2) is 9.78 Å². The first-order valence-corrected chi connectivity index (χ1v) is 6.41. The smallest absolute Gasteiger partial charge is 0.326 e. The summed E-state index contributed by atoms with van der Waals surface area (Å²) in [6.07, 6.45) is 0.573. The lowest BCUT2D eigenvalue weighted by Crippen LogP contribution is -2.31. The number of fused-ring (bicyclic) bond motifs is 1. The van der Waals surface area contributed by atoms with Crippen molar-refractivity contribution < 1.29 is 9.90 Å². The molecule has 0 saturated heterocycles. The minimum Gasteiger partial charge on any atom is -0.480 e. The van der Waals surface area contributed by atoms with E-state index in [2.05, 4.69) is 10.3 Å². The summed E-state index contributed by atoms with van der Waals surface area (Å²) in [5.74, 6) is 0.0736. The van der Waals surface area contributed by atoms with Crippen LogP contribution in [0.25, 0.3) is 10.9 Å². The Morgan fingerprint density at radius 2 is 2.00 bits per heavy atom. The first-order valence-electron chi connectivity index (χ1n) is 6.41. The van der Waals surface area contributed by atoms with E-state index in [0.29, 0.717) is 18.2 Å². The predicted octanol–water partition coefficient (Wildman–Crippen LogP) is 3.15. The largest absolute Gasteiger partial charge is 0.480 e. The molecule has 4 nitrogen and oxygen atoms in total. The van der Waals surface area contributed by atoms with E-state index in [-0.39, 0.29) is 0 Å². The zero-order valence-electron chi connectivity index (χ0n) is 11.1. The van der Waals surface area contributed by atoms with Gasteiger partial charge in [-0.2, -0.15) is 0 Å². The standard InChI is InChI=1S/C15H18N2O2/c1-10(2)9-13(15(18)19)17-14-8-7-11-5-3-4-6-12(11)16-14/h3-8,10,13H,9H2,1-2H3,(H,16,17)(H,18,19)/t13-/m1/s1. The molecule has 0 amide bonds. The number of carboxylic acid groups (broad SMARTS) is 1. The molecule has 0 saturated carbocycles. The Hall–Kier alpha value is -2.10. The minimum atomic E-state index is -0.844. The van der Waals surface area contributed by atoms with Gasteiger partial charge in [0, 0.05) is 5.39 Å². The van der Waals surface area contributed by atoms with Crippen LogP contribution in [0.15, 0.2) is 36.4 Å². The van der Waals surface area contributed by atoms with Crippen molar-refractivity contribution >= 4 is 22.7 Å². The highest BCUT2D eigenvalue weighted by atomic mass is 16.4. The van der Waals surface area contributed by atoms with Crippen molar-refractivity contribution in [2.45, 2.75) is 26.3 Å². The summed E-state index contributed by atoms with van der Waals surface area (Å²) < 4.78 is 0. The molecule has 0 fully saturated rings. The van der Waals surface area contributed by atoms with Crippen LogP contribution in [-0.4, -0.2) is 22.1 Å². The van der Waals surface area contributed by atoms with Crippen molar-refractivity contribution in [1.29, 1.82) is 0 Å². The van der Waals surface area contributed by atoms with Crippen LogP contribution in [0, 0.1) is 5.92 Å². The lowest BCUT2D eigenvalue weighted by molar-refractivity contribution is -0.138. The zero-order valence-corrected chi connectivity index (χ0v) is 11.1. The molecule has 0 aliphatic rings. The van der Waals surface area contributed by atoms with Crippen molar-refractivity contribution in [3.05, 3.63) is 36.4 Å². The average Bonchev–Trinajstić information content (AvgIpc) is 2.37. The van der Waals surface area contributed by atoms with Gasteiger partial charge in [-0.1, -0.05) is 32.0 Å². The van der Waals surface area contributed by atoms with E-state index in [9.17, 15) is 9.90 Å². The van der Waals surface area contributed by atoms with Crippen molar-refractivity contribution in [2.24, 2.45) is 5.92 Å². The fourth-order valence-corrected chi connectivity index (χ4v) is 2.02. The lowest BCUT2D eigenvalue weighted by Gasteiger charge is -2.17. The first kappa shape index (κ1) is 13.3. The summed E-state index contributed by atoms with van der Waals surface area (Å²) in [6, 6.07) is 10.9. The van der Waals surface area contributed by atoms with Gasteiger partial charge in [0.2, 0.25) is 0 Å². The molecular weight excluding hydrogens is 240 g/mol. The van der Waals surface area contributed by atoms with E-state index in [1.807, 2.05) is 50.2 Å². The number of aromatic nitrogens is 1. The quantitative estimate of drug-likeness (QED) is 0.864. The van der Waals surface area contributed by atoms with E-state index in [1.54, 1.807) is 0 Å². The van der Waals surface area contributed by atoms with Crippen molar-refractivity contribution in [1.82, 2.24) is 4.98 Å². The Kier molecular flexibility index (Phi) is 4.00. The van der Waals surface area contributed by atoms with Crippen LogP contribution in [-0.2, 0) is 4.79 Å². The molecule has 1 aromatic carbocycles. The number of nitrogens with one attached hydrogen (secondary N) is 1. The normalized spacial score (nSPS) is 12.6. The summed E-state index contributed by atoms with van der Waals surface area (Å²) in [7, 11) is 0. The minimum absolute atomic E-state index is 0.314. The van der Waals surface area contributed by atoms with Crippen LogP contribution in [0.2, 0.25) is 0 Å². The van der Waals surface area contributed by atoms with Crippen LogP contribution in [0.1, 0.15) is 20.3 Å². The van der Waals surface area contributed by atoms with E-state index in [4.69, 9.17) is 0 Å². The molecule has 1 atom stereocenters. The van der Waals surface area contributed by atoms with E-state index < -0.39 is 12.0 Å². The molecule has 1 aromatic heterocycles. The SMILES string of the molecule is CC(C)C[C@@H](Nc1ccc2ccccc2n1)C(=O)O. The van der Waals surface area contributed by atoms with Crippen LogP contribution < -0.4 is 5.32 Å². The molecule has 0 spiro atoms. The summed E-state index contributed by atoms with van der Waals surface area (Å²) in [5.41, 5.74) is 0.862. The number of hydrogen-bond acceptors (Lipinski definition) is 3. The summed E-state index contributed by atoms with van der Waals surface area (Å²) in [4.78, 5) is 15.6. The summed E-state index contributed by atoms with van der Waals surface area (Å²) >= 11 is 0. The number of aliphatic carboxylic acids is 1. The van der Waals surface area contributed by atoms with Crippen LogP contribution in [0.4, 0.5) is 5.82 Å². The van der Waals surface area contributed by atoms with Gasteiger partial charge in [0.05, 0.1) is 5.52 Å². The number of carboxylic acids is 1. The van der Waals surface area contributed by atoms with Gasteiger partial charge in [0.15, 0.2) is 0 Å². The number of carbonyl (C=O) groups is 1. The molecule has 0 radical (unpaired) electrons. The molecule has 1 heterocycles. The van der Waals surface area contributed by atoms with E-state index >= 15 is 0 Å². The highest BCUT2D eigenvalue weighted by Gasteiger charge is 2.18. The number of rotatable bonds is 5. The molecular formula is C15H18N2O2. The molecule has 2 aromatic rings. The molecule has 100 valence electrons. The molecule has 2 rings (SSSR count). The maximum absolute atomic E-state index is 11.2. The number of nitrogens with zero attached hydrogens (tertiary/aromatic N) is 1. The van der Waals surface area contributed by atoms with Gasteiger partial charge < -0.3 is 10.4 Å². The first-order chi connectivity index (χ1) is 9.06. The van der Waals surface area contributed by atoms with Crippen LogP contribution in [0.3, 0.4) is 0 Å². The van der Waals surface area contributed by atoms with Crippen LogP contribution >= 0.6 is 0 Å². The molecule has 0 bridgehead atoms. The van der Waals surface area contributed by atoms with Gasteiger partial charge in [0.1, 0.15) is 11.9 Å². The Balaban J connectivity index is 2.21. The van der Waals surface area contributed by atoms with Gasteiger partial charge in [-0.05, 0) is 30.5 Å². The van der Waals surface area contributed by atoms with Gasteiger partial charge in [-0.15, -0.1) is 0 Å². The third-order valence-corrected chi connectivity index (χ3v) is 2.93. The second kappa shape index (κ2) is 5.69. The molecule has 0 aliphatic carbocycles. The summed E-state index contributed by atoms with van der Waals surface area (Å²) in [5, 5.41) is 13.2. The van der Waals surface area contributed by atoms with Gasteiger partial charge >= 0.3 is 5.97 Å². The molecule has 0 unspecified atom stereocenters. The maximum atomic E-state index is 11.2. The second-order valence-corrected chi connectivity index (χ2v) is 5.05. The topological polar surface area (TPSA) is 62.2 Å². The number of anilines is 1. The summed E-state index contributed by atoms with van der Waals surface area (Å²) in [6.45, 7) is 4.01. The van der Waals surface area contributed by atoms with Crippen molar-refractivity contribution in [3.63, 3.8) is 0 Å². The zero-order chi connectivity index (χ0) is 13.8. The van der Waals surface area contributed by atoms with Crippen LogP contribution in [0.5, 0.6) is 0 Å². The average molecular weight is 258 g/mol. The van der Waals surface area contributed by atoms with Crippen molar-refractivity contribution in [3.8, 4) is 0 Å². The third kappa shape index (κ3) is 3.44. The second-order valence-electron chi connectivity index (χ2n) is 5.05. The number of benzene rings is 1. The fourth-order valence-electron chi connectivity index (χ4n) is 2.02. The Morgan fingerprint density at radius 1 is 1.26 bits per heavy atom. The highest BCUT2D eigenvalue weighted by Crippen LogP contribution is 2.17. The van der Waals surface area contributed by atoms with Gasteiger partial charge in [-0.3, -0.25) is 0 Å². The predicted molar refractivity (Wildman–Crippen MR) is 76.2 cm³/mol. The Bertz CT molecular complexity index is 581. The number of para-hydroxylation sites is 1. The monoisotopic (exact) mass is 258 g/mol. The van der Waals surface area contributed by atoms with Crippen molar-refractivity contribution in [2.75, 3.05) is 5.32 Å². The van der Waals surface area contributed by atoms with E-state index in [1.165, 1.54) is 0 Å². The fraction of sp³-hybridized carbons (Fsp3) is 0.333. The lowest BCUT2D eigenvalue weighted by atomic mass is 10.0. The molecule has 0 aliphatic heterocycles. The van der Waals surface area contributed by atoms with Gasteiger partial charge in [0.25, 0.3) is 0 Å². The molecule has 4 heteroatoms. The number of hydrogen-bond donors (Lipinski definition) is 2. The maximum Gasteiger partial charge on any atom is 0.326 e. The third-order valence-electron chi connectivity index (χ3n) is 2.93. The molecule has 19 heavy (non-hydrogen) atoms. The molecule has 2 N–H and O–H groups in total. The Labute approximate surface area is 112 Å². The highest BCUT2D eigenvalue weighted by molar-refractivity contribution is 5.81.